The minimum Gasteiger partial charge on any atom is -0.512 e. The van der Waals surface area contributed by atoms with Gasteiger partial charge in [0.1, 0.15) is 5.88 Å². The fourth-order valence-corrected chi connectivity index (χ4v) is 2.81. The Bertz CT molecular complexity index is 694. The molecule has 1 aromatic rings. The molecule has 0 bridgehead atoms. The fraction of sp³-hybridized carbons (Fsp3) is 0.286. The van der Waals surface area contributed by atoms with Gasteiger partial charge in [0.2, 0.25) is 5.91 Å². The van der Waals surface area contributed by atoms with Gasteiger partial charge in [0.25, 0.3) is 0 Å². The summed E-state index contributed by atoms with van der Waals surface area (Å²) in [5, 5.41) is 14.8. The number of aliphatic hydroxyl groups is 1. The van der Waals surface area contributed by atoms with Gasteiger partial charge >= 0.3 is 0 Å². The number of alkyl halides is 1. The van der Waals surface area contributed by atoms with Crippen LogP contribution in [0.25, 0.3) is 11.6 Å². The molecule has 0 aromatic carbocycles. The molecule has 0 spiro atoms. The molecule has 98 valence electrons. The number of pyridine rings is 1. The summed E-state index contributed by atoms with van der Waals surface area (Å²) in [4.78, 5) is 15.7. The number of aliphatic hydroxyl groups excluding tert-OH is 1. The molecule has 1 unspecified atom stereocenters. The van der Waals surface area contributed by atoms with Crippen molar-refractivity contribution in [2.75, 3.05) is 5.88 Å². The highest BCUT2D eigenvalue weighted by Gasteiger charge is 2.26. The van der Waals surface area contributed by atoms with E-state index in [0.29, 0.717) is 18.6 Å². The normalized spacial score (nSPS) is 20.2. The second-order valence-corrected chi connectivity index (χ2v) is 5.01. The highest BCUT2D eigenvalue weighted by atomic mass is 35.5. The van der Waals surface area contributed by atoms with Crippen LogP contribution in [0, 0.1) is 0 Å². The van der Waals surface area contributed by atoms with E-state index in [1.165, 1.54) is 0 Å². The molecule has 0 fully saturated rings. The average Bonchev–Trinajstić information content (AvgIpc) is 2.63. The third-order valence-corrected chi connectivity index (χ3v) is 3.75. The average molecular weight is 277 g/mol. The lowest BCUT2D eigenvalue weighted by Gasteiger charge is -2.16. The van der Waals surface area contributed by atoms with Gasteiger partial charge in [-0.15, -0.1) is 11.6 Å². The van der Waals surface area contributed by atoms with Crippen molar-refractivity contribution in [2.45, 2.75) is 18.9 Å². The topological polar surface area (TPSA) is 62.2 Å². The minimum absolute atomic E-state index is 0.0564. The van der Waals surface area contributed by atoms with Gasteiger partial charge in [-0.05, 0) is 34.9 Å². The Balaban J connectivity index is 2.12. The molecule has 2 aliphatic rings. The number of nitrogens with zero attached hydrogens (tertiary/aromatic N) is 1. The molecule has 1 heterocycles. The SMILES string of the molecule is O=C(CCl)NC1Cc2cncc3c2=C1CC(O)=CC=3. The summed E-state index contributed by atoms with van der Waals surface area (Å²) in [7, 11) is 0. The van der Waals surface area contributed by atoms with Crippen LogP contribution in [0.15, 0.2) is 24.2 Å². The van der Waals surface area contributed by atoms with Crippen LogP contribution in [0.2, 0.25) is 0 Å². The molecule has 2 aliphatic carbocycles. The summed E-state index contributed by atoms with van der Waals surface area (Å²) in [6, 6.07) is -0.105. The molecule has 2 N–H and O–H groups in total. The lowest BCUT2D eigenvalue weighted by atomic mass is 10.0. The van der Waals surface area contributed by atoms with Crippen molar-refractivity contribution in [3.05, 3.63) is 40.2 Å². The predicted octanol–water partition coefficient (Wildman–Crippen LogP) is 0.138. The van der Waals surface area contributed by atoms with Crippen LogP contribution >= 0.6 is 11.6 Å². The number of rotatable bonds is 2. The number of carbonyl (C=O) groups excluding carboxylic acids is 1. The van der Waals surface area contributed by atoms with E-state index >= 15 is 0 Å². The predicted molar refractivity (Wildman–Crippen MR) is 73.0 cm³/mol. The fourth-order valence-electron chi connectivity index (χ4n) is 2.73. The summed E-state index contributed by atoms with van der Waals surface area (Å²) in [6.45, 7) is 0. The van der Waals surface area contributed by atoms with Crippen molar-refractivity contribution in [2.24, 2.45) is 0 Å². The van der Waals surface area contributed by atoms with Gasteiger partial charge in [0.15, 0.2) is 0 Å². The van der Waals surface area contributed by atoms with E-state index in [1.807, 2.05) is 12.3 Å². The third-order valence-electron chi connectivity index (χ3n) is 3.50. The molecule has 1 atom stereocenters. The molecule has 4 nitrogen and oxygen atoms in total. The standard InChI is InChI=1S/C14H13ClN2O2/c15-5-13(19)17-12-3-9-7-16-6-8-1-2-10(18)4-11(12)14(8)9/h1-2,6-7,12,18H,3-5H2,(H,17,19). The van der Waals surface area contributed by atoms with Crippen molar-refractivity contribution in [3.8, 4) is 0 Å². The van der Waals surface area contributed by atoms with Gasteiger partial charge in [-0.3, -0.25) is 9.78 Å². The highest BCUT2D eigenvalue weighted by Crippen LogP contribution is 2.21. The molecule has 0 aliphatic heterocycles. The lowest BCUT2D eigenvalue weighted by molar-refractivity contribution is -0.119. The summed E-state index contributed by atoms with van der Waals surface area (Å²) in [5.74, 6) is 0.0430. The van der Waals surface area contributed by atoms with Gasteiger partial charge in [-0.25, -0.2) is 0 Å². The number of hydrogen-bond donors (Lipinski definition) is 2. The van der Waals surface area contributed by atoms with Crippen molar-refractivity contribution < 1.29 is 9.90 Å². The number of aromatic nitrogens is 1. The van der Waals surface area contributed by atoms with Crippen LogP contribution < -0.4 is 15.8 Å². The maximum atomic E-state index is 11.5. The number of carbonyl (C=O) groups is 1. The lowest BCUT2D eigenvalue weighted by Crippen LogP contribution is -2.37. The second-order valence-electron chi connectivity index (χ2n) is 4.75. The molecule has 0 saturated heterocycles. The smallest absolute Gasteiger partial charge is 0.235 e. The van der Waals surface area contributed by atoms with E-state index in [0.717, 1.165) is 21.6 Å². The quantitative estimate of drug-likeness (QED) is 0.756. The summed E-state index contributed by atoms with van der Waals surface area (Å²) in [6.07, 6.45) is 8.30. The Morgan fingerprint density at radius 2 is 2.32 bits per heavy atom. The van der Waals surface area contributed by atoms with Crippen molar-refractivity contribution >= 4 is 29.2 Å². The summed E-state index contributed by atoms with van der Waals surface area (Å²) in [5.41, 5.74) is 2.14. The molecular weight excluding hydrogens is 264 g/mol. The maximum Gasteiger partial charge on any atom is 0.235 e. The Labute approximate surface area is 115 Å². The van der Waals surface area contributed by atoms with E-state index in [9.17, 15) is 9.90 Å². The molecule has 0 saturated carbocycles. The maximum absolute atomic E-state index is 11.5. The highest BCUT2D eigenvalue weighted by molar-refractivity contribution is 6.27. The van der Waals surface area contributed by atoms with Gasteiger partial charge in [0, 0.05) is 24.0 Å². The van der Waals surface area contributed by atoms with Crippen LogP contribution in [-0.4, -0.2) is 27.9 Å². The molecule has 1 aromatic heterocycles. The Morgan fingerprint density at radius 1 is 1.47 bits per heavy atom. The van der Waals surface area contributed by atoms with E-state index in [1.54, 1.807) is 12.3 Å². The Morgan fingerprint density at radius 3 is 3.11 bits per heavy atom. The van der Waals surface area contributed by atoms with Gasteiger partial charge in [0.05, 0.1) is 11.8 Å². The largest absolute Gasteiger partial charge is 0.512 e. The van der Waals surface area contributed by atoms with E-state index < -0.39 is 0 Å². The Hall–Kier alpha value is -1.81. The van der Waals surface area contributed by atoms with Crippen LogP contribution in [0.1, 0.15) is 12.0 Å². The summed E-state index contributed by atoms with van der Waals surface area (Å²) >= 11 is 5.54. The van der Waals surface area contributed by atoms with E-state index in [2.05, 4.69) is 10.3 Å². The number of halogens is 1. The first-order valence-corrected chi connectivity index (χ1v) is 6.63. The number of nitrogens with one attached hydrogen (secondary N) is 1. The first-order chi connectivity index (χ1) is 9.19. The molecule has 5 heteroatoms. The van der Waals surface area contributed by atoms with E-state index in [-0.39, 0.29) is 17.8 Å². The Kier molecular flexibility index (Phi) is 3.03. The zero-order valence-electron chi connectivity index (χ0n) is 10.2. The second kappa shape index (κ2) is 4.70. The van der Waals surface area contributed by atoms with Crippen LogP contribution in [0.4, 0.5) is 0 Å². The number of amides is 1. The number of allylic oxidation sites excluding steroid dienone is 2. The third kappa shape index (κ3) is 2.12. The first kappa shape index (κ1) is 12.2. The van der Waals surface area contributed by atoms with Gasteiger partial charge < -0.3 is 10.4 Å². The van der Waals surface area contributed by atoms with Crippen LogP contribution in [0.3, 0.4) is 0 Å². The molecule has 3 rings (SSSR count). The van der Waals surface area contributed by atoms with Crippen molar-refractivity contribution in [3.63, 3.8) is 0 Å². The van der Waals surface area contributed by atoms with Gasteiger partial charge in [-0.2, -0.15) is 0 Å². The summed E-state index contributed by atoms with van der Waals surface area (Å²) < 4.78 is 0. The number of hydrogen-bond acceptors (Lipinski definition) is 3. The molecule has 1 amide bonds. The van der Waals surface area contributed by atoms with Crippen LogP contribution in [-0.2, 0) is 11.2 Å². The zero-order valence-corrected chi connectivity index (χ0v) is 10.9. The minimum atomic E-state index is -0.196. The van der Waals surface area contributed by atoms with Crippen molar-refractivity contribution in [1.82, 2.24) is 10.3 Å². The van der Waals surface area contributed by atoms with Crippen molar-refractivity contribution in [1.29, 1.82) is 0 Å². The molecular formula is C14H13ClN2O2. The molecule has 0 radical (unpaired) electrons. The monoisotopic (exact) mass is 276 g/mol. The van der Waals surface area contributed by atoms with Crippen LogP contribution in [0.5, 0.6) is 0 Å². The molecule has 19 heavy (non-hydrogen) atoms. The zero-order chi connectivity index (χ0) is 13.4. The first-order valence-electron chi connectivity index (χ1n) is 6.10. The van der Waals surface area contributed by atoms with E-state index in [4.69, 9.17) is 11.6 Å². The van der Waals surface area contributed by atoms with Gasteiger partial charge in [-0.1, -0.05) is 0 Å².